The Balaban J connectivity index is 2.19. The number of halogens is 2. The Hall–Kier alpha value is -1.42. The predicted molar refractivity (Wildman–Crippen MR) is 75.1 cm³/mol. The van der Waals surface area contributed by atoms with Crippen molar-refractivity contribution in [2.75, 3.05) is 11.4 Å². The topological polar surface area (TPSA) is 16.1 Å². The van der Waals surface area contributed by atoms with Crippen LogP contribution in [0.15, 0.2) is 47.2 Å². The fourth-order valence-corrected chi connectivity index (χ4v) is 2.23. The van der Waals surface area contributed by atoms with Gasteiger partial charge in [0.15, 0.2) is 0 Å². The summed E-state index contributed by atoms with van der Waals surface area (Å²) in [7, 11) is 0. The molecule has 2 rings (SSSR count). The van der Waals surface area contributed by atoms with Gasteiger partial charge in [-0.1, -0.05) is 6.07 Å². The van der Waals surface area contributed by atoms with E-state index < -0.39 is 0 Å². The van der Waals surface area contributed by atoms with Crippen LogP contribution in [0.4, 0.5) is 10.1 Å². The molecule has 0 saturated heterocycles. The van der Waals surface area contributed by atoms with Crippen LogP contribution < -0.4 is 4.90 Å². The Labute approximate surface area is 115 Å². The van der Waals surface area contributed by atoms with Crippen LogP contribution in [0, 0.1) is 5.82 Å². The molecule has 0 aliphatic rings. The first-order valence-electron chi connectivity index (χ1n) is 5.79. The summed E-state index contributed by atoms with van der Waals surface area (Å²) in [5.74, 6) is -0.210. The van der Waals surface area contributed by atoms with E-state index in [9.17, 15) is 4.39 Å². The lowest BCUT2D eigenvalue weighted by Gasteiger charge is -2.23. The molecule has 0 aliphatic carbocycles. The van der Waals surface area contributed by atoms with Gasteiger partial charge >= 0.3 is 0 Å². The zero-order valence-corrected chi connectivity index (χ0v) is 11.7. The van der Waals surface area contributed by atoms with E-state index in [0.717, 1.165) is 22.3 Å². The van der Waals surface area contributed by atoms with Crippen molar-refractivity contribution in [1.82, 2.24) is 4.98 Å². The van der Waals surface area contributed by atoms with Gasteiger partial charge in [0.1, 0.15) is 5.82 Å². The third-order valence-electron chi connectivity index (χ3n) is 2.69. The highest BCUT2D eigenvalue weighted by Gasteiger charge is 2.06. The van der Waals surface area contributed by atoms with E-state index in [1.165, 1.54) is 6.07 Å². The molecule has 4 heteroatoms. The maximum atomic E-state index is 13.2. The van der Waals surface area contributed by atoms with Gasteiger partial charge in [-0.25, -0.2) is 4.39 Å². The molecule has 0 fully saturated rings. The molecule has 94 valence electrons. The van der Waals surface area contributed by atoms with E-state index in [0.29, 0.717) is 6.54 Å². The number of pyridine rings is 1. The molecule has 0 saturated carbocycles. The zero-order chi connectivity index (χ0) is 13.0. The van der Waals surface area contributed by atoms with Crippen molar-refractivity contribution in [3.8, 4) is 0 Å². The minimum absolute atomic E-state index is 0.210. The summed E-state index contributed by atoms with van der Waals surface area (Å²) in [6.45, 7) is 3.58. The molecule has 0 atom stereocenters. The minimum atomic E-state index is -0.210. The third-order valence-corrected chi connectivity index (χ3v) is 3.12. The molecule has 2 aromatic rings. The lowest BCUT2D eigenvalue weighted by molar-refractivity contribution is 0.626. The SMILES string of the molecule is CCN(Cc1cncc(Br)c1)c1cccc(F)c1. The Kier molecular flexibility index (Phi) is 4.31. The number of rotatable bonds is 4. The van der Waals surface area contributed by atoms with E-state index >= 15 is 0 Å². The van der Waals surface area contributed by atoms with Crippen molar-refractivity contribution in [2.45, 2.75) is 13.5 Å². The second-order valence-corrected chi connectivity index (χ2v) is 4.92. The van der Waals surface area contributed by atoms with Gasteiger partial charge in [-0.3, -0.25) is 4.98 Å². The number of hydrogen-bond donors (Lipinski definition) is 0. The summed E-state index contributed by atoms with van der Waals surface area (Å²) in [6.07, 6.45) is 3.58. The average molecular weight is 309 g/mol. The highest BCUT2D eigenvalue weighted by molar-refractivity contribution is 9.10. The van der Waals surface area contributed by atoms with Gasteiger partial charge in [0.25, 0.3) is 0 Å². The fourth-order valence-electron chi connectivity index (χ4n) is 1.82. The largest absolute Gasteiger partial charge is 0.367 e. The molecule has 1 heterocycles. The second kappa shape index (κ2) is 5.96. The monoisotopic (exact) mass is 308 g/mol. The van der Waals surface area contributed by atoms with Crippen molar-refractivity contribution in [2.24, 2.45) is 0 Å². The third kappa shape index (κ3) is 3.29. The molecule has 0 N–H and O–H groups in total. The van der Waals surface area contributed by atoms with Crippen molar-refractivity contribution in [3.05, 3.63) is 58.6 Å². The van der Waals surface area contributed by atoms with Crippen molar-refractivity contribution in [1.29, 1.82) is 0 Å². The van der Waals surface area contributed by atoms with Crippen molar-refractivity contribution >= 4 is 21.6 Å². The van der Waals surface area contributed by atoms with Crippen LogP contribution in [0.5, 0.6) is 0 Å². The number of hydrogen-bond acceptors (Lipinski definition) is 2. The Bertz CT molecular complexity index is 531. The molecule has 0 radical (unpaired) electrons. The van der Waals surface area contributed by atoms with Crippen LogP contribution in [-0.4, -0.2) is 11.5 Å². The Morgan fingerprint density at radius 2 is 2.11 bits per heavy atom. The summed E-state index contributed by atoms with van der Waals surface area (Å²) in [5.41, 5.74) is 1.98. The van der Waals surface area contributed by atoms with Crippen LogP contribution in [0.3, 0.4) is 0 Å². The van der Waals surface area contributed by atoms with Gasteiger partial charge in [0.2, 0.25) is 0 Å². The van der Waals surface area contributed by atoms with E-state index in [1.54, 1.807) is 18.3 Å². The molecule has 18 heavy (non-hydrogen) atoms. The average Bonchev–Trinajstić information content (AvgIpc) is 2.36. The van der Waals surface area contributed by atoms with Crippen LogP contribution in [-0.2, 0) is 6.54 Å². The summed E-state index contributed by atoms with van der Waals surface area (Å²) in [4.78, 5) is 6.24. The van der Waals surface area contributed by atoms with E-state index in [2.05, 4.69) is 32.7 Å². The number of anilines is 1. The lowest BCUT2D eigenvalue weighted by atomic mass is 10.2. The molecule has 0 unspecified atom stereocenters. The normalized spacial score (nSPS) is 10.4. The van der Waals surface area contributed by atoms with Crippen LogP contribution in [0.1, 0.15) is 12.5 Å². The van der Waals surface area contributed by atoms with E-state index in [4.69, 9.17) is 0 Å². The lowest BCUT2D eigenvalue weighted by Crippen LogP contribution is -2.22. The van der Waals surface area contributed by atoms with Gasteiger partial charge in [0, 0.05) is 35.6 Å². The summed E-state index contributed by atoms with van der Waals surface area (Å²) in [6, 6.07) is 8.67. The van der Waals surface area contributed by atoms with Crippen LogP contribution in [0.25, 0.3) is 0 Å². The number of aromatic nitrogens is 1. The molecular weight excluding hydrogens is 295 g/mol. The van der Waals surface area contributed by atoms with Crippen molar-refractivity contribution in [3.63, 3.8) is 0 Å². The Morgan fingerprint density at radius 1 is 1.28 bits per heavy atom. The first kappa shape index (κ1) is 13.0. The van der Waals surface area contributed by atoms with E-state index in [-0.39, 0.29) is 5.82 Å². The fraction of sp³-hybridized carbons (Fsp3) is 0.214. The van der Waals surface area contributed by atoms with Gasteiger partial charge in [0.05, 0.1) is 0 Å². The first-order valence-corrected chi connectivity index (χ1v) is 6.58. The van der Waals surface area contributed by atoms with E-state index in [1.807, 2.05) is 18.3 Å². The molecule has 1 aromatic heterocycles. The smallest absolute Gasteiger partial charge is 0.125 e. The maximum Gasteiger partial charge on any atom is 0.125 e. The second-order valence-electron chi connectivity index (χ2n) is 4.01. The van der Waals surface area contributed by atoms with Gasteiger partial charge in [-0.05, 0) is 52.7 Å². The molecule has 0 aliphatic heterocycles. The highest BCUT2D eigenvalue weighted by atomic mass is 79.9. The summed E-state index contributed by atoms with van der Waals surface area (Å²) in [5, 5.41) is 0. The van der Waals surface area contributed by atoms with Crippen LogP contribution in [0.2, 0.25) is 0 Å². The molecule has 0 spiro atoms. The summed E-state index contributed by atoms with van der Waals surface area (Å²) >= 11 is 3.40. The Morgan fingerprint density at radius 3 is 2.78 bits per heavy atom. The quantitative estimate of drug-likeness (QED) is 0.848. The van der Waals surface area contributed by atoms with Gasteiger partial charge in [-0.15, -0.1) is 0 Å². The maximum absolute atomic E-state index is 13.2. The minimum Gasteiger partial charge on any atom is -0.367 e. The first-order chi connectivity index (χ1) is 8.69. The standard InChI is InChI=1S/C14H14BrFN2/c1-2-18(14-5-3-4-13(16)7-14)10-11-6-12(15)9-17-8-11/h3-9H,2,10H2,1H3. The summed E-state index contributed by atoms with van der Waals surface area (Å²) < 4.78 is 14.2. The number of benzene rings is 1. The van der Waals surface area contributed by atoms with Crippen molar-refractivity contribution < 1.29 is 4.39 Å². The highest BCUT2D eigenvalue weighted by Crippen LogP contribution is 2.19. The van der Waals surface area contributed by atoms with Gasteiger partial charge < -0.3 is 4.90 Å². The van der Waals surface area contributed by atoms with Crippen LogP contribution >= 0.6 is 15.9 Å². The molecule has 0 bridgehead atoms. The molecular formula is C14H14BrFN2. The van der Waals surface area contributed by atoms with Gasteiger partial charge in [-0.2, -0.15) is 0 Å². The molecule has 2 nitrogen and oxygen atoms in total. The predicted octanol–water partition coefficient (Wildman–Crippen LogP) is 4.01. The molecule has 1 aromatic carbocycles. The molecule has 0 amide bonds. The zero-order valence-electron chi connectivity index (χ0n) is 10.1. The number of nitrogens with zero attached hydrogens (tertiary/aromatic N) is 2.